The second-order valence-corrected chi connectivity index (χ2v) is 3.49. The molecule has 0 aliphatic carbocycles. The van der Waals surface area contributed by atoms with E-state index in [1.165, 1.54) is 11.8 Å². The van der Waals surface area contributed by atoms with Gasteiger partial charge in [0.05, 0.1) is 36.1 Å². The van der Waals surface area contributed by atoms with Crippen molar-refractivity contribution in [1.29, 1.82) is 5.26 Å². The number of imidazole rings is 1. The molecule has 0 saturated carbocycles. The largest absolute Gasteiger partial charge is 0.350 e. The Morgan fingerprint density at radius 2 is 2.64 bits per heavy atom. The van der Waals surface area contributed by atoms with Gasteiger partial charge in [-0.1, -0.05) is 0 Å². The monoisotopic (exact) mass is 210 g/mol. The van der Waals surface area contributed by atoms with Crippen LogP contribution in [0.25, 0.3) is 0 Å². The van der Waals surface area contributed by atoms with Gasteiger partial charge in [0.2, 0.25) is 5.91 Å². The molecule has 2 N–H and O–H groups in total. The first kappa shape index (κ1) is 10.6. The number of carbonyl (C=O) groups excluding carboxylic acids is 1. The molecule has 0 saturated heterocycles. The summed E-state index contributed by atoms with van der Waals surface area (Å²) in [5.74, 6) is 0.596. The van der Waals surface area contributed by atoms with Crippen molar-refractivity contribution in [2.75, 3.05) is 11.5 Å². The first-order chi connectivity index (χ1) is 6.83. The summed E-state index contributed by atoms with van der Waals surface area (Å²) in [4.78, 5) is 17.8. The molecule has 0 aromatic carbocycles. The maximum Gasteiger partial charge on any atom is 0.230 e. The van der Waals surface area contributed by atoms with Crippen LogP contribution in [0.1, 0.15) is 5.69 Å². The molecule has 0 fully saturated rings. The SMILES string of the molecule is N#CCSCC(=O)NCc1cnc[nH]1. The normalized spacial score (nSPS) is 9.36. The van der Waals surface area contributed by atoms with E-state index in [-0.39, 0.29) is 5.91 Å². The van der Waals surface area contributed by atoms with Gasteiger partial charge >= 0.3 is 0 Å². The van der Waals surface area contributed by atoms with Crippen molar-refractivity contribution in [1.82, 2.24) is 15.3 Å². The average molecular weight is 210 g/mol. The van der Waals surface area contributed by atoms with Gasteiger partial charge in [-0.3, -0.25) is 4.79 Å². The van der Waals surface area contributed by atoms with Crippen LogP contribution < -0.4 is 5.32 Å². The minimum absolute atomic E-state index is 0.0696. The van der Waals surface area contributed by atoms with E-state index < -0.39 is 0 Å². The molecular formula is C8H10N4OS. The third-order valence-corrected chi connectivity index (χ3v) is 2.23. The second kappa shape index (κ2) is 6.05. The lowest BCUT2D eigenvalue weighted by molar-refractivity contribution is -0.118. The van der Waals surface area contributed by atoms with Crippen LogP contribution in [0.4, 0.5) is 0 Å². The highest BCUT2D eigenvalue weighted by Crippen LogP contribution is 1.97. The van der Waals surface area contributed by atoms with Gasteiger partial charge in [-0.25, -0.2) is 4.98 Å². The number of aromatic amines is 1. The summed E-state index contributed by atoms with van der Waals surface area (Å²) in [5, 5.41) is 10.9. The zero-order valence-corrected chi connectivity index (χ0v) is 8.30. The summed E-state index contributed by atoms with van der Waals surface area (Å²) in [6.45, 7) is 0.450. The number of H-pyrrole nitrogens is 1. The van der Waals surface area contributed by atoms with E-state index in [0.717, 1.165) is 5.69 Å². The van der Waals surface area contributed by atoms with Crippen LogP contribution in [-0.2, 0) is 11.3 Å². The standard InChI is InChI=1S/C8H10N4OS/c9-1-2-14-5-8(13)11-4-7-3-10-6-12-7/h3,6H,2,4-5H2,(H,10,12)(H,11,13). The third kappa shape index (κ3) is 3.96. The fourth-order valence-electron chi connectivity index (χ4n) is 0.816. The molecule has 0 aliphatic heterocycles. The van der Waals surface area contributed by atoms with Crippen molar-refractivity contribution < 1.29 is 4.79 Å². The van der Waals surface area contributed by atoms with Gasteiger partial charge in [-0.05, 0) is 0 Å². The van der Waals surface area contributed by atoms with E-state index in [0.29, 0.717) is 18.1 Å². The molecule has 1 aromatic rings. The first-order valence-corrected chi connectivity index (χ1v) is 5.17. The summed E-state index contributed by atoms with van der Waals surface area (Å²) in [6, 6.07) is 1.96. The molecule has 1 rings (SSSR count). The number of rotatable bonds is 5. The van der Waals surface area contributed by atoms with Crippen molar-refractivity contribution in [3.63, 3.8) is 0 Å². The van der Waals surface area contributed by atoms with Crippen LogP contribution in [-0.4, -0.2) is 27.4 Å². The van der Waals surface area contributed by atoms with Gasteiger partial charge in [0.15, 0.2) is 0 Å². The fourth-order valence-corrected chi connectivity index (χ4v) is 1.30. The number of amides is 1. The number of thioether (sulfide) groups is 1. The molecule has 1 heterocycles. The fraction of sp³-hybridized carbons (Fsp3) is 0.375. The highest BCUT2D eigenvalue weighted by atomic mass is 32.2. The lowest BCUT2D eigenvalue weighted by Gasteiger charge is -2.01. The number of nitriles is 1. The smallest absolute Gasteiger partial charge is 0.230 e. The first-order valence-electron chi connectivity index (χ1n) is 4.01. The lowest BCUT2D eigenvalue weighted by atomic mass is 10.5. The molecule has 5 nitrogen and oxygen atoms in total. The lowest BCUT2D eigenvalue weighted by Crippen LogP contribution is -2.24. The van der Waals surface area contributed by atoms with E-state index >= 15 is 0 Å². The third-order valence-electron chi connectivity index (χ3n) is 1.43. The summed E-state index contributed by atoms with van der Waals surface area (Å²) < 4.78 is 0. The summed E-state index contributed by atoms with van der Waals surface area (Å²) in [5.41, 5.74) is 0.864. The number of nitrogens with zero attached hydrogens (tertiary/aromatic N) is 2. The van der Waals surface area contributed by atoms with Crippen molar-refractivity contribution in [3.05, 3.63) is 18.2 Å². The topological polar surface area (TPSA) is 81.6 Å². The Labute approximate surface area is 85.9 Å². The van der Waals surface area contributed by atoms with E-state index in [9.17, 15) is 4.79 Å². The van der Waals surface area contributed by atoms with Crippen molar-refractivity contribution in [3.8, 4) is 6.07 Å². The molecule has 0 spiro atoms. The van der Waals surface area contributed by atoms with E-state index in [1.54, 1.807) is 12.5 Å². The summed E-state index contributed by atoms with van der Waals surface area (Å²) in [6.07, 6.45) is 3.22. The zero-order valence-electron chi connectivity index (χ0n) is 7.49. The summed E-state index contributed by atoms with van der Waals surface area (Å²) in [7, 11) is 0. The van der Waals surface area contributed by atoms with Gasteiger partial charge < -0.3 is 10.3 Å². The molecule has 0 aliphatic rings. The van der Waals surface area contributed by atoms with Crippen molar-refractivity contribution in [2.45, 2.75) is 6.54 Å². The Morgan fingerprint density at radius 1 is 1.79 bits per heavy atom. The van der Waals surface area contributed by atoms with Gasteiger partial charge in [-0.2, -0.15) is 5.26 Å². The quantitative estimate of drug-likeness (QED) is 0.684. The number of nitrogens with one attached hydrogen (secondary N) is 2. The molecule has 0 bridgehead atoms. The highest BCUT2D eigenvalue weighted by Gasteiger charge is 2.01. The van der Waals surface area contributed by atoms with Crippen LogP contribution in [0, 0.1) is 11.3 Å². The molecule has 0 unspecified atom stereocenters. The molecule has 0 radical (unpaired) electrons. The zero-order chi connectivity index (χ0) is 10.2. The Hall–Kier alpha value is -1.48. The van der Waals surface area contributed by atoms with Gasteiger partial charge in [0, 0.05) is 6.20 Å². The molecule has 1 amide bonds. The Kier molecular flexibility index (Phi) is 4.58. The summed E-state index contributed by atoms with van der Waals surface area (Å²) >= 11 is 1.30. The van der Waals surface area contributed by atoms with Crippen LogP contribution in [0.5, 0.6) is 0 Å². The number of carbonyl (C=O) groups is 1. The Balaban J connectivity index is 2.13. The number of hydrogen-bond donors (Lipinski definition) is 2. The van der Waals surface area contributed by atoms with E-state index in [2.05, 4.69) is 15.3 Å². The molecule has 0 atom stereocenters. The average Bonchev–Trinajstić information content (AvgIpc) is 2.68. The minimum atomic E-state index is -0.0696. The minimum Gasteiger partial charge on any atom is -0.350 e. The van der Waals surface area contributed by atoms with Crippen LogP contribution >= 0.6 is 11.8 Å². The van der Waals surface area contributed by atoms with E-state index in [4.69, 9.17) is 5.26 Å². The van der Waals surface area contributed by atoms with E-state index in [1.807, 2.05) is 6.07 Å². The van der Waals surface area contributed by atoms with Crippen molar-refractivity contribution >= 4 is 17.7 Å². The molecule has 74 valence electrons. The predicted octanol–water partition coefficient (Wildman–Crippen LogP) is 0.283. The molecule has 6 heteroatoms. The molecule has 14 heavy (non-hydrogen) atoms. The van der Waals surface area contributed by atoms with Crippen molar-refractivity contribution in [2.24, 2.45) is 0 Å². The highest BCUT2D eigenvalue weighted by molar-refractivity contribution is 8.00. The predicted molar refractivity (Wildman–Crippen MR) is 53.4 cm³/mol. The van der Waals surface area contributed by atoms with Gasteiger partial charge in [-0.15, -0.1) is 11.8 Å². The van der Waals surface area contributed by atoms with Crippen LogP contribution in [0.3, 0.4) is 0 Å². The molecular weight excluding hydrogens is 200 g/mol. The van der Waals surface area contributed by atoms with Crippen LogP contribution in [0.15, 0.2) is 12.5 Å². The second-order valence-electron chi connectivity index (χ2n) is 2.50. The number of hydrogen-bond acceptors (Lipinski definition) is 4. The van der Waals surface area contributed by atoms with Gasteiger partial charge in [0.25, 0.3) is 0 Å². The number of aromatic nitrogens is 2. The Morgan fingerprint density at radius 3 is 3.29 bits per heavy atom. The van der Waals surface area contributed by atoms with Crippen LogP contribution in [0.2, 0.25) is 0 Å². The maximum absolute atomic E-state index is 11.1. The Bertz CT molecular complexity index is 317. The van der Waals surface area contributed by atoms with Gasteiger partial charge in [0.1, 0.15) is 0 Å². The maximum atomic E-state index is 11.1. The molecule has 1 aromatic heterocycles.